The Kier molecular flexibility index (Phi) is 5.14. The highest BCUT2D eigenvalue weighted by atomic mass is 19.4. The molecule has 1 aliphatic heterocycles. The fraction of sp³-hybridized carbons (Fsp3) is 0.381. The van der Waals surface area contributed by atoms with E-state index in [9.17, 15) is 18.0 Å². The summed E-state index contributed by atoms with van der Waals surface area (Å²) in [5, 5.41) is 5.30. The molecule has 1 aliphatic rings. The van der Waals surface area contributed by atoms with Crippen LogP contribution in [0.1, 0.15) is 32.4 Å². The quantitative estimate of drug-likeness (QED) is 0.643. The lowest BCUT2D eigenvalue weighted by atomic mass is 9.94. The maximum atomic E-state index is 12.4. The normalized spacial score (nSPS) is 15.0. The van der Waals surface area contributed by atoms with Crippen LogP contribution in [0.15, 0.2) is 36.5 Å². The maximum absolute atomic E-state index is 12.4. The van der Waals surface area contributed by atoms with Crippen molar-refractivity contribution in [1.29, 1.82) is 0 Å². The second-order valence-electron chi connectivity index (χ2n) is 8.52. The average molecular weight is 449 g/mol. The van der Waals surface area contributed by atoms with Gasteiger partial charge in [-0.1, -0.05) is 0 Å². The van der Waals surface area contributed by atoms with Crippen molar-refractivity contribution in [3.05, 3.63) is 42.2 Å². The van der Waals surface area contributed by atoms with Gasteiger partial charge in [0.25, 0.3) is 0 Å². The molecule has 32 heavy (non-hydrogen) atoms. The molecule has 11 heteroatoms. The number of anilines is 1. The number of likely N-dealkylation sites (tertiary alicyclic amines) is 1. The maximum Gasteiger partial charge on any atom is 0.573 e. The molecule has 1 fully saturated rings. The molecule has 1 amide bonds. The van der Waals surface area contributed by atoms with E-state index >= 15 is 0 Å². The van der Waals surface area contributed by atoms with Crippen LogP contribution in [0.4, 0.5) is 23.7 Å². The number of alkyl halides is 3. The van der Waals surface area contributed by atoms with E-state index in [0.717, 1.165) is 0 Å². The van der Waals surface area contributed by atoms with Crippen molar-refractivity contribution >= 4 is 22.8 Å². The lowest BCUT2D eigenvalue weighted by Crippen LogP contribution is -2.50. The minimum absolute atomic E-state index is 0.0781. The van der Waals surface area contributed by atoms with Crippen LogP contribution >= 0.6 is 0 Å². The molecule has 0 saturated carbocycles. The minimum Gasteiger partial charge on any atom is -0.444 e. The van der Waals surface area contributed by atoms with Crippen molar-refractivity contribution in [2.24, 2.45) is 0 Å². The molecule has 4 rings (SSSR count). The first kappa shape index (κ1) is 21.7. The number of hydrogen-bond donors (Lipinski definition) is 1. The molecule has 170 valence electrons. The van der Waals surface area contributed by atoms with E-state index in [2.05, 4.69) is 14.8 Å². The predicted octanol–water partition coefficient (Wildman–Crippen LogP) is 4.24. The summed E-state index contributed by atoms with van der Waals surface area (Å²) in [6.45, 7) is 6.22. The number of amides is 1. The number of benzene rings is 1. The van der Waals surface area contributed by atoms with Gasteiger partial charge in [0.2, 0.25) is 0 Å². The number of carbonyl (C=O) groups excluding carboxylic acids is 1. The first-order chi connectivity index (χ1) is 14.9. The van der Waals surface area contributed by atoms with Gasteiger partial charge in [-0.25, -0.2) is 14.5 Å². The topological polar surface area (TPSA) is 95.5 Å². The van der Waals surface area contributed by atoms with Gasteiger partial charge in [0.15, 0.2) is 5.65 Å². The number of nitrogens with zero attached hydrogens (tertiary/aromatic N) is 4. The highest BCUT2D eigenvalue weighted by Crippen LogP contribution is 2.36. The molecule has 3 aromatic rings. The van der Waals surface area contributed by atoms with Gasteiger partial charge in [0.05, 0.1) is 16.8 Å². The summed E-state index contributed by atoms with van der Waals surface area (Å²) in [5.41, 5.74) is 7.72. The smallest absolute Gasteiger partial charge is 0.444 e. The van der Waals surface area contributed by atoms with Gasteiger partial charge < -0.3 is 20.1 Å². The number of aromatic nitrogens is 3. The lowest BCUT2D eigenvalue weighted by molar-refractivity contribution is -0.274. The number of nitrogen functional groups attached to an aromatic ring is 1. The Hall–Kier alpha value is -3.50. The van der Waals surface area contributed by atoms with Crippen LogP contribution in [-0.2, 0) is 4.74 Å². The van der Waals surface area contributed by atoms with E-state index < -0.39 is 18.1 Å². The molecule has 0 bridgehead atoms. The number of ether oxygens (including phenoxy) is 2. The van der Waals surface area contributed by atoms with E-state index in [1.54, 1.807) is 31.7 Å². The largest absolute Gasteiger partial charge is 0.573 e. The second-order valence-corrected chi connectivity index (χ2v) is 8.52. The minimum atomic E-state index is -4.77. The number of nitrogens with two attached hydrogens (primary N) is 1. The Morgan fingerprint density at radius 1 is 1.12 bits per heavy atom. The molecular weight excluding hydrogens is 427 g/mol. The summed E-state index contributed by atoms with van der Waals surface area (Å²) in [5.74, 6) is -0.414. The first-order valence-electron chi connectivity index (χ1n) is 9.88. The molecule has 1 saturated heterocycles. The third-order valence-electron chi connectivity index (χ3n) is 4.86. The van der Waals surface area contributed by atoms with E-state index in [0.29, 0.717) is 41.2 Å². The Bertz CT molecular complexity index is 1150. The lowest BCUT2D eigenvalue weighted by Gasteiger charge is -2.39. The summed E-state index contributed by atoms with van der Waals surface area (Å²) in [6.07, 6.45) is -3.63. The highest BCUT2D eigenvalue weighted by Gasteiger charge is 2.38. The van der Waals surface area contributed by atoms with Crippen LogP contribution in [0.2, 0.25) is 0 Å². The van der Waals surface area contributed by atoms with Crippen molar-refractivity contribution in [2.75, 3.05) is 18.8 Å². The number of pyridine rings is 1. The molecule has 0 radical (unpaired) electrons. The van der Waals surface area contributed by atoms with Gasteiger partial charge in [-0.05, 0) is 51.1 Å². The third kappa shape index (κ3) is 4.41. The average Bonchev–Trinajstić information content (AvgIpc) is 2.99. The van der Waals surface area contributed by atoms with Crippen molar-refractivity contribution in [2.45, 2.75) is 38.7 Å². The van der Waals surface area contributed by atoms with Crippen molar-refractivity contribution < 1.29 is 27.4 Å². The van der Waals surface area contributed by atoms with Crippen molar-refractivity contribution in [3.8, 4) is 11.4 Å². The van der Waals surface area contributed by atoms with E-state index in [1.807, 2.05) is 0 Å². The molecule has 0 spiro atoms. The van der Waals surface area contributed by atoms with Crippen LogP contribution in [0.5, 0.6) is 5.75 Å². The Morgan fingerprint density at radius 3 is 2.38 bits per heavy atom. The molecule has 0 aliphatic carbocycles. The van der Waals surface area contributed by atoms with Crippen molar-refractivity contribution in [3.63, 3.8) is 0 Å². The fourth-order valence-corrected chi connectivity index (χ4v) is 3.48. The van der Waals surface area contributed by atoms with Gasteiger partial charge in [0.1, 0.15) is 11.4 Å². The van der Waals surface area contributed by atoms with Crippen LogP contribution in [0.25, 0.3) is 16.7 Å². The first-order valence-corrected chi connectivity index (χ1v) is 9.88. The molecule has 3 heterocycles. The van der Waals surface area contributed by atoms with Gasteiger partial charge >= 0.3 is 12.5 Å². The van der Waals surface area contributed by atoms with E-state index in [-0.39, 0.29) is 11.7 Å². The van der Waals surface area contributed by atoms with E-state index in [1.165, 1.54) is 35.1 Å². The van der Waals surface area contributed by atoms with Gasteiger partial charge in [-0.3, -0.25) is 0 Å². The van der Waals surface area contributed by atoms with Gasteiger partial charge in [0, 0.05) is 30.9 Å². The van der Waals surface area contributed by atoms with Crippen LogP contribution in [0.3, 0.4) is 0 Å². The summed E-state index contributed by atoms with van der Waals surface area (Å²) in [4.78, 5) is 18.2. The van der Waals surface area contributed by atoms with Crippen LogP contribution in [-0.4, -0.2) is 50.8 Å². The SMILES string of the molecule is CC(C)(C)OC(=O)N1CC(c2nn(-c3ccc(OC(F)(F)F)cc3)c3nccc(N)c23)C1. The fourth-order valence-electron chi connectivity index (χ4n) is 3.48. The molecule has 8 nitrogen and oxygen atoms in total. The predicted molar refractivity (Wildman–Crippen MR) is 111 cm³/mol. The Morgan fingerprint density at radius 2 is 1.78 bits per heavy atom. The van der Waals surface area contributed by atoms with Gasteiger partial charge in [-0.15, -0.1) is 13.2 Å². The standard InChI is InChI=1S/C21H22F3N5O3/c1-20(2,3)32-19(30)28-10-12(11-28)17-16-15(25)8-9-26-18(16)29(27-17)13-4-6-14(7-5-13)31-21(22,23)24/h4-9,12H,10-11H2,1-3H3,(H2,25,26). The van der Waals surface area contributed by atoms with Crippen LogP contribution in [0, 0.1) is 0 Å². The van der Waals surface area contributed by atoms with Crippen LogP contribution < -0.4 is 10.5 Å². The molecular formula is C21H22F3N5O3. The van der Waals surface area contributed by atoms with Gasteiger partial charge in [-0.2, -0.15) is 5.10 Å². The number of fused-ring (bicyclic) bond motifs is 1. The summed E-state index contributed by atoms with van der Waals surface area (Å²) >= 11 is 0. The zero-order valence-corrected chi connectivity index (χ0v) is 17.7. The number of halogens is 3. The zero-order chi connectivity index (χ0) is 23.3. The zero-order valence-electron chi connectivity index (χ0n) is 17.7. The summed E-state index contributed by atoms with van der Waals surface area (Å²) < 4.78 is 48.1. The number of hydrogen-bond acceptors (Lipinski definition) is 6. The molecule has 2 aromatic heterocycles. The molecule has 0 atom stereocenters. The van der Waals surface area contributed by atoms with Crippen molar-refractivity contribution in [1.82, 2.24) is 19.7 Å². The summed E-state index contributed by atoms with van der Waals surface area (Å²) in [6, 6.07) is 6.97. The number of carbonyl (C=O) groups is 1. The molecule has 2 N–H and O–H groups in total. The number of rotatable bonds is 3. The Labute approximate surface area is 181 Å². The molecule has 0 unspecified atom stereocenters. The summed E-state index contributed by atoms with van der Waals surface area (Å²) in [7, 11) is 0. The second kappa shape index (κ2) is 7.57. The third-order valence-corrected chi connectivity index (χ3v) is 4.86. The van der Waals surface area contributed by atoms with E-state index in [4.69, 9.17) is 10.5 Å². The highest BCUT2D eigenvalue weighted by molar-refractivity contribution is 5.92. The monoisotopic (exact) mass is 449 g/mol. The Balaban J connectivity index is 1.62. The molecule has 1 aromatic carbocycles.